The van der Waals surface area contributed by atoms with Gasteiger partial charge in [-0.25, -0.2) is 0 Å². The number of fused-ring (bicyclic) bond motifs is 12. The van der Waals surface area contributed by atoms with Crippen LogP contribution in [0.2, 0.25) is 0 Å². The first-order chi connectivity index (χ1) is 60.3. The topological polar surface area (TPSA) is 0 Å². The smallest absolute Gasteiger partial charge is 0.0101 e. The Bertz CT molecular complexity index is 6620. The molecule has 0 aliphatic heterocycles. The Kier molecular flexibility index (Phi) is 23.7. The maximum Gasteiger partial charge on any atom is 0.0101 e. The van der Waals surface area contributed by atoms with Gasteiger partial charge in [0.25, 0.3) is 0 Å². The van der Waals surface area contributed by atoms with Crippen molar-refractivity contribution in [3.63, 3.8) is 0 Å². The van der Waals surface area contributed by atoms with Gasteiger partial charge in [-0.3, -0.25) is 0 Å². The maximum atomic E-state index is 2.41. The summed E-state index contributed by atoms with van der Waals surface area (Å²) >= 11 is 0. The van der Waals surface area contributed by atoms with Gasteiger partial charge in [-0.15, -0.1) is 0 Å². The summed E-state index contributed by atoms with van der Waals surface area (Å²) in [5, 5.41) is 11.1. The third kappa shape index (κ3) is 17.4. The first-order valence-electron chi connectivity index (χ1n) is 44.8. The number of hydrogen-bond donors (Lipinski definition) is 0. The lowest BCUT2D eigenvalue weighted by Gasteiger charge is -2.15. The summed E-state index contributed by atoms with van der Waals surface area (Å²) in [7, 11) is 0. The van der Waals surface area contributed by atoms with Crippen LogP contribution < -0.4 is 0 Å². The molecule has 0 saturated heterocycles. The third-order valence-electron chi connectivity index (χ3n) is 27.1. The van der Waals surface area contributed by atoms with Crippen molar-refractivity contribution in [2.45, 2.75) is 126 Å². The molecule has 0 saturated carbocycles. The zero-order valence-corrected chi connectivity index (χ0v) is 70.4. The molecule has 0 heterocycles. The van der Waals surface area contributed by atoms with Gasteiger partial charge in [-0.1, -0.05) is 439 Å². The van der Waals surface area contributed by atoms with Gasteiger partial charge in [0, 0.05) is 23.7 Å². The Morgan fingerprint density at radius 1 is 0.189 bits per heavy atom. The highest BCUT2D eigenvalue weighted by molar-refractivity contribution is 5.90. The normalized spacial score (nSPS) is 17.2. The van der Waals surface area contributed by atoms with E-state index in [0.29, 0.717) is 23.7 Å². The minimum absolute atomic E-state index is 0.519. The predicted molar refractivity (Wildman–Crippen MR) is 520 cm³/mol. The molecule has 24 rings (SSSR count). The van der Waals surface area contributed by atoms with Crippen molar-refractivity contribution in [2.75, 3.05) is 0 Å². The molecule has 0 fully saturated rings. The molecule has 6 atom stereocenters. The summed E-state index contributed by atoms with van der Waals surface area (Å²) in [5.74, 6) is 3.70. The fourth-order valence-electron chi connectivity index (χ4n) is 20.6. The number of benzene rings is 18. The van der Waals surface area contributed by atoms with Crippen molar-refractivity contribution in [1.82, 2.24) is 0 Å². The van der Waals surface area contributed by atoms with Gasteiger partial charge in [0.15, 0.2) is 0 Å². The van der Waals surface area contributed by atoms with Crippen molar-refractivity contribution in [2.24, 2.45) is 0 Å². The van der Waals surface area contributed by atoms with Gasteiger partial charge in [-0.2, -0.15) is 0 Å². The van der Waals surface area contributed by atoms with Gasteiger partial charge in [0.05, 0.1) is 0 Å². The van der Waals surface area contributed by atoms with E-state index in [9.17, 15) is 0 Å². The van der Waals surface area contributed by atoms with Crippen LogP contribution in [0.1, 0.15) is 188 Å². The number of aryl methyl sites for hydroxylation is 6. The molecular formula is C122H106. The standard InChI is InChI=1S/2C25H20.C23H20.C21H18.2C14H14/c1-2-6-18(7-3-1)19-10-12-20(13-11-19)24-15-14-23-16-21-8-4-5-9-22(21)17-25(23)24;1-2-6-18(7-3-1)19-10-12-21(13-11-19)24-17-16-22-15-14-20-8-4-5-9-23(20)25(22)24;1-2-6-18(7-3-1)10-11-19-12-14-21(15-13-19)23-17-16-20-8-4-5-9-22(20)23;1-2-6-16(7-3-1)17-10-12-19(13-11-17)21-15-14-18-8-4-5-9-20(18)21;1-10-6-7-13-8-11-4-2-3-5-12(11)9-14(10)13;1-10-6-7-12-9-8-11-4-2-3-5-13(11)14(10)12/h1-13,16-17,24H,14-15H2;1-15,24H,16-17H2;1-15,23H,16-17H2;1-13,21H,14-15H2;2*2-5,8-10H,6-7H2,1H3/b;;11-10+;;;. The van der Waals surface area contributed by atoms with E-state index < -0.39 is 0 Å². The molecule has 0 spiro atoms. The van der Waals surface area contributed by atoms with Gasteiger partial charge < -0.3 is 0 Å². The van der Waals surface area contributed by atoms with Gasteiger partial charge in [-0.05, 0) is 265 Å². The van der Waals surface area contributed by atoms with Crippen molar-refractivity contribution in [3.8, 4) is 33.4 Å². The maximum absolute atomic E-state index is 2.41. The fraction of sp³-hybridized carbons (Fsp3) is 0.164. The van der Waals surface area contributed by atoms with Crippen LogP contribution >= 0.6 is 0 Å². The summed E-state index contributed by atoms with van der Waals surface area (Å²) in [5.41, 5.74) is 34.5. The number of hydrogen-bond acceptors (Lipinski definition) is 0. The molecule has 594 valence electrons. The van der Waals surface area contributed by atoms with Crippen LogP contribution in [-0.2, 0) is 38.5 Å². The minimum atomic E-state index is 0.519. The first kappa shape index (κ1) is 78.6. The fourth-order valence-corrected chi connectivity index (χ4v) is 20.6. The molecule has 0 amide bonds. The second-order valence-electron chi connectivity index (χ2n) is 34.5. The van der Waals surface area contributed by atoms with Crippen LogP contribution in [0.3, 0.4) is 0 Å². The van der Waals surface area contributed by atoms with Crippen molar-refractivity contribution < 1.29 is 0 Å². The predicted octanol–water partition coefficient (Wildman–Crippen LogP) is 32.3. The molecule has 18 aromatic rings. The highest BCUT2D eigenvalue weighted by Crippen LogP contribution is 2.46. The summed E-state index contributed by atoms with van der Waals surface area (Å²) in [4.78, 5) is 0. The van der Waals surface area contributed by atoms with E-state index in [1.165, 1.54) is 226 Å². The third-order valence-corrected chi connectivity index (χ3v) is 27.1. The molecule has 0 aromatic heterocycles. The second-order valence-corrected chi connectivity index (χ2v) is 34.5. The summed E-state index contributed by atoms with van der Waals surface area (Å²) in [6.07, 6.45) is 19.2. The molecule has 0 heteroatoms. The zero-order valence-electron chi connectivity index (χ0n) is 70.4. The van der Waals surface area contributed by atoms with Crippen LogP contribution in [0.5, 0.6) is 0 Å². The molecule has 18 aromatic carbocycles. The van der Waals surface area contributed by atoms with E-state index in [1.54, 1.807) is 27.8 Å². The van der Waals surface area contributed by atoms with E-state index >= 15 is 0 Å². The van der Waals surface area contributed by atoms with E-state index in [0.717, 1.165) is 11.8 Å². The molecular weight excluding hydrogens is 1470 g/mol. The van der Waals surface area contributed by atoms with Gasteiger partial charge in [0.2, 0.25) is 0 Å². The average molecular weight is 1570 g/mol. The lowest BCUT2D eigenvalue weighted by Crippen LogP contribution is -1.97. The van der Waals surface area contributed by atoms with Crippen LogP contribution in [-0.4, -0.2) is 0 Å². The van der Waals surface area contributed by atoms with Gasteiger partial charge >= 0.3 is 0 Å². The largest absolute Gasteiger partial charge is 0.0622 e. The van der Waals surface area contributed by atoms with Gasteiger partial charge in [0.1, 0.15) is 0 Å². The van der Waals surface area contributed by atoms with Crippen LogP contribution in [0.25, 0.3) is 88.6 Å². The Morgan fingerprint density at radius 2 is 0.492 bits per heavy atom. The molecule has 0 bridgehead atoms. The Balaban J connectivity index is 0.0000000976. The molecule has 0 radical (unpaired) electrons. The van der Waals surface area contributed by atoms with E-state index in [1.807, 2.05) is 6.07 Å². The molecule has 6 aliphatic carbocycles. The van der Waals surface area contributed by atoms with E-state index in [4.69, 9.17) is 0 Å². The first-order valence-corrected chi connectivity index (χ1v) is 44.8. The monoisotopic (exact) mass is 1570 g/mol. The molecule has 122 heavy (non-hydrogen) atoms. The number of rotatable bonds is 9. The summed E-state index contributed by atoms with van der Waals surface area (Å²) in [6.45, 7) is 4.68. The molecule has 6 aliphatic rings. The highest BCUT2D eigenvalue weighted by Gasteiger charge is 2.29. The molecule has 6 unspecified atom stereocenters. The second kappa shape index (κ2) is 36.8. The highest BCUT2D eigenvalue weighted by atomic mass is 14.3. The van der Waals surface area contributed by atoms with Crippen molar-refractivity contribution >= 4 is 55.2 Å². The van der Waals surface area contributed by atoms with E-state index in [-0.39, 0.29) is 0 Å². The summed E-state index contributed by atoms with van der Waals surface area (Å²) in [6, 6.07) is 150. The van der Waals surface area contributed by atoms with Crippen molar-refractivity contribution in [3.05, 3.63) is 513 Å². The van der Waals surface area contributed by atoms with Crippen LogP contribution in [0.4, 0.5) is 0 Å². The molecule has 0 nitrogen and oxygen atoms in total. The molecule has 0 N–H and O–H groups in total. The lowest BCUT2D eigenvalue weighted by atomic mass is 9.88. The average Bonchev–Trinajstić information content (AvgIpc) is 1.66. The van der Waals surface area contributed by atoms with E-state index in [2.05, 4.69) is 432 Å². The quantitative estimate of drug-likeness (QED) is 0.126. The van der Waals surface area contributed by atoms with Crippen LogP contribution in [0, 0.1) is 0 Å². The SMILES string of the molecule is C(=C\c1ccc(C2CCc3ccccc32)cc1)/c1ccccc1.CC1CCc2cc3ccccc3cc21.CC1CCc2ccc3ccccc3c21.c1ccc(-c2ccc(C3CCc4cc5ccccc5cc43)cc2)cc1.c1ccc(-c2ccc(C3CCc4ccc5ccccc5c43)cc2)cc1.c1ccc(-c2ccc(C3CCc4ccccc43)cc2)cc1. The zero-order chi connectivity index (χ0) is 81.9. The van der Waals surface area contributed by atoms with Crippen LogP contribution in [0.15, 0.2) is 413 Å². The van der Waals surface area contributed by atoms with Crippen molar-refractivity contribution in [1.29, 1.82) is 0 Å². The Hall–Kier alpha value is -13.3. The minimum Gasteiger partial charge on any atom is -0.0622 e. The Morgan fingerprint density at radius 3 is 0.975 bits per heavy atom. The Labute approximate surface area is 722 Å². The lowest BCUT2D eigenvalue weighted by molar-refractivity contribution is 0.747. The summed E-state index contributed by atoms with van der Waals surface area (Å²) < 4.78 is 0.